The van der Waals surface area contributed by atoms with Crippen LogP contribution in [0.3, 0.4) is 0 Å². The van der Waals surface area contributed by atoms with Crippen molar-refractivity contribution in [2.45, 2.75) is 44.7 Å². The van der Waals surface area contributed by atoms with Gasteiger partial charge in [-0.25, -0.2) is 0 Å². The molecule has 5 nitrogen and oxygen atoms in total. The van der Waals surface area contributed by atoms with Gasteiger partial charge in [-0.1, -0.05) is 6.07 Å². The fraction of sp³-hybridized carbons (Fsp3) is 0.500. The molecule has 1 aliphatic rings. The second-order valence-corrected chi connectivity index (χ2v) is 6.12. The SMILES string of the molecule is NCCCCN(Cc1cnccn1)C1CCCc2cccnc21. The summed E-state index contributed by atoms with van der Waals surface area (Å²) in [5.41, 5.74) is 9.33. The number of nitrogens with two attached hydrogens (primary N) is 1. The summed E-state index contributed by atoms with van der Waals surface area (Å²) < 4.78 is 0. The molecule has 0 amide bonds. The van der Waals surface area contributed by atoms with E-state index in [-0.39, 0.29) is 0 Å². The van der Waals surface area contributed by atoms with Crippen molar-refractivity contribution in [1.82, 2.24) is 19.9 Å². The van der Waals surface area contributed by atoms with Crippen LogP contribution in [0.15, 0.2) is 36.9 Å². The largest absolute Gasteiger partial charge is 0.330 e. The van der Waals surface area contributed by atoms with E-state index in [1.165, 1.54) is 17.7 Å². The van der Waals surface area contributed by atoms with Gasteiger partial charge in [0.25, 0.3) is 0 Å². The Morgan fingerprint density at radius 3 is 2.96 bits per heavy atom. The Balaban J connectivity index is 1.80. The van der Waals surface area contributed by atoms with E-state index in [9.17, 15) is 0 Å². The molecule has 0 saturated heterocycles. The van der Waals surface area contributed by atoms with Gasteiger partial charge in [0.2, 0.25) is 0 Å². The molecule has 2 N–H and O–H groups in total. The average Bonchev–Trinajstić information content (AvgIpc) is 2.61. The second-order valence-electron chi connectivity index (χ2n) is 6.12. The number of aromatic nitrogens is 3. The molecule has 0 saturated carbocycles. The summed E-state index contributed by atoms with van der Waals surface area (Å²) in [7, 11) is 0. The maximum absolute atomic E-state index is 5.67. The van der Waals surface area contributed by atoms with E-state index >= 15 is 0 Å². The Kier molecular flexibility index (Phi) is 5.66. The van der Waals surface area contributed by atoms with Gasteiger partial charge in [-0.15, -0.1) is 0 Å². The quantitative estimate of drug-likeness (QED) is 0.796. The lowest BCUT2D eigenvalue weighted by Gasteiger charge is -2.34. The van der Waals surface area contributed by atoms with Gasteiger partial charge in [-0.3, -0.25) is 19.9 Å². The molecule has 1 atom stereocenters. The number of hydrogen-bond donors (Lipinski definition) is 1. The van der Waals surface area contributed by atoms with Crippen LogP contribution in [0.25, 0.3) is 0 Å². The van der Waals surface area contributed by atoms with Crippen molar-refractivity contribution in [2.24, 2.45) is 5.73 Å². The van der Waals surface area contributed by atoms with Crippen LogP contribution in [0, 0.1) is 0 Å². The molecule has 23 heavy (non-hydrogen) atoms. The number of rotatable bonds is 7. The van der Waals surface area contributed by atoms with E-state index in [0.29, 0.717) is 6.04 Å². The molecule has 5 heteroatoms. The third-order valence-corrected chi connectivity index (χ3v) is 4.49. The predicted molar refractivity (Wildman–Crippen MR) is 90.6 cm³/mol. The fourth-order valence-corrected chi connectivity index (χ4v) is 3.36. The van der Waals surface area contributed by atoms with E-state index in [0.717, 1.165) is 51.0 Å². The highest BCUT2D eigenvalue weighted by Gasteiger charge is 2.27. The van der Waals surface area contributed by atoms with Crippen LogP contribution >= 0.6 is 0 Å². The number of hydrogen-bond acceptors (Lipinski definition) is 5. The third kappa shape index (κ3) is 4.12. The number of unbranched alkanes of at least 4 members (excludes halogenated alkanes) is 1. The van der Waals surface area contributed by atoms with E-state index in [1.54, 1.807) is 12.4 Å². The third-order valence-electron chi connectivity index (χ3n) is 4.49. The van der Waals surface area contributed by atoms with Gasteiger partial charge in [0, 0.05) is 31.3 Å². The highest BCUT2D eigenvalue weighted by molar-refractivity contribution is 5.25. The summed E-state index contributed by atoms with van der Waals surface area (Å²) in [6, 6.07) is 4.64. The molecular weight excluding hydrogens is 286 g/mol. The minimum atomic E-state index is 0.375. The Hall–Kier alpha value is -1.85. The van der Waals surface area contributed by atoms with Crippen molar-refractivity contribution in [3.63, 3.8) is 0 Å². The summed E-state index contributed by atoms with van der Waals surface area (Å²) in [4.78, 5) is 15.8. The molecule has 122 valence electrons. The minimum Gasteiger partial charge on any atom is -0.330 e. The van der Waals surface area contributed by atoms with Crippen LogP contribution in [0.5, 0.6) is 0 Å². The van der Waals surface area contributed by atoms with Crippen LogP contribution in [0.1, 0.15) is 48.7 Å². The molecule has 2 aromatic heterocycles. The zero-order valence-electron chi connectivity index (χ0n) is 13.6. The standard InChI is InChI=1S/C18H25N5/c19-8-1-2-12-23(14-16-13-20-10-11-21-16)17-7-3-5-15-6-4-9-22-18(15)17/h4,6,9-11,13,17H,1-3,5,7-8,12,14,19H2. The zero-order chi connectivity index (χ0) is 15.9. The lowest BCUT2D eigenvalue weighted by Crippen LogP contribution is -2.33. The van der Waals surface area contributed by atoms with Crippen molar-refractivity contribution in [3.8, 4) is 0 Å². The van der Waals surface area contributed by atoms with Gasteiger partial charge in [0.1, 0.15) is 0 Å². The number of pyridine rings is 1. The lowest BCUT2D eigenvalue weighted by atomic mass is 9.90. The van der Waals surface area contributed by atoms with Crippen LogP contribution in [-0.4, -0.2) is 32.9 Å². The molecule has 1 unspecified atom stereocenters. The molecule has 1 aliphatic carbocycles. The van der Waals surface area contributed by atoms with Crippen LogP contribution in [-0.2, 0) is 13.0 Å². The molecule has 2 aromatic rings. The Morgan fingerprint density at radius 1 is 1.17 bits per heavy atom. The number of aryl methyl sites for hydroxylation is 1. The molecule has 3 rings (SSSR count). The topological polar surface area (TPSA) is 67.9 Å². The van der Waals surface area contributed by atoms with Crippen molar-refractivity contribution in [1.29, 1.82) is 0 Å². The van der Waals surface area contributed by atoms with Crippen molar-refractivity contribution >= 4 is 0 Å². The van der Waals surface area contributed by atoms with Crippen molar-refractivity contribution in [2.75, 3.05) is 13.1 Å². The summed E-state index contributed by atoms with van der Waals surface area (Å²) >= 11 is 0. The van der Waals surface area contributed by atoms with Gasteiger partial charge in [0.15, 0.2) is 0 Å². The second kappa shape index (κ2) is 8.13. The molecular formula is C18H25N5. The van der Waals surface area contributed by atoms with E-state index in [1.807, 2.05) is 18.5 Å². The fourth-order valence-electron chi connectivity index (χ4n) is 3.36. The number of nitrogens with zero attached hydrogens (tertiary/aromatic N) is 4. The molecule has 0 radical (unpaired) electrons. The van der Waals surface area contributed by atoms with Gasteiger partial charge in [0.05, 0.1) is 17.4 Å². The maximum atomic E-state index is 5.67. The van der Waals surface area contributed by atoms with Gasteiger partial charge in [-0.2, -0.15) is 0 Å². The summed E-state index contributed by atoms with van der Waals surface area (Å²) in [6.45, 7) is 2.59. The highest BCUT2D eigenvalue weighted by Crippen LogP contribution is 2.33. The Bertz CT molecular complexity index is 601. The molecule has 0 aromatic carbocycles. The molecule has 0 bridgehead atoms. The van der Waals surface area contributed by atoms with E-state index < -0.39 is 0 Å². The minimum absolute atomic E-state index is 0.375. The van der Waals surface area contributed by atoms with Gasteiger partial charge >= 0.3 is 0 Å². The zero-order valence-corrected chi connectivity index (χ0v) is 13.6. The normalized spacial score (nSPS) is 17.2. The molecule has 2 heterocycles. The molecule has 0 aliphatic heterocycles. The highest BCUT2D eigenvalue weighted by atomic mass is 15.2. The van der Waals surface area contributed by atoms with E-state index in [4.69, 9.17) is 5.73 Å². The first-order chi connectivity index (χ1) is 11.4. The Morgan fingerprint density at radius 2 is 2.13 bits per heavy atom. The summed E-state index contributed by atoms with van der Waals surface area (Å²) in [6.07, 6.45) is 12.9. The first kappa shape index (κ1) is 16.0. The van der Waals surface area contributed by atoms with Gasteiger partial charge in [-0.05, 0) is 56.8 Å². The first-order valence-corrected chi connectivity index (χ1v) is 8.51. The smallest absolute Gasteiger partial charge is 0.0727 e. The monoisotopic (exact) mass is 311 g/mol. The summed E-state index contributed by atoms with van der Waals surface area (Å²) in [5.74, 6) is 0. The van der Waals surface area contributed by atoms with Crippen molar-refractivity contribution < 1.29 is 0 Å². The average molecular weight is 311 g/mol. The van der Waals surface area contributed by atoms with Crippen LogP contribution < -0.4 is 5.73 Å². The van der Waals surface area contributed by atoms with Gasteiger partial charge < -0.3 is 5.73 Å². The van der Waals surface area contributed by atoms with Crippen LogP contribution in [0.2, 0.25) is 0 Å². The summed E-state index contributed by atoms with van der Waals surface area (Å²) in [5, 5.41) is 0. The van der Waals surface area contributed by atoms with Crippen LogP contribution in [0.4, 0.5) is 0 Å². The number of fused-ring (bicyclic) bond motifs is 1. The predicted octanol–water partition coefficient (Wildman–Crippen LogP) is 2.49. The molecule has 0 fully saturated rings. The van der Waals surface area contributed by atoms with Crippen molar-refractivity contribution in [3.05, 3.63) is 53.9 Å². The molecule has 0 spiro atoms. The van der Waals surface area contributed by atoms with E-state index in [2.05, 4.69) is 25.9 Å². The maximum Gasteiger partial charge on any atom is 0.0727 e. The Labute approximate surface area is 138 Å². The first-order valence-electron chi connectivity index (χ1n) is 8.51. The lowest BCUT2D eigenvalue weighted by molar-refractivity contribution is 0.161.